The van der Waals surface area contributed by atoms with E-state index in [2.05, 4.69) is 10.3 Å². The molecule has 1 aromatic carbocycles. The van der Waals surface area contributed by atoms with Crippen LogP contribution < -0.4 is 10.9 Å². The maximum atomic E-state index is 13.0. The standard InChI is InChI=1S/C13H11F3N2O/c14-13(15,16)9-6-12(19)18-11-4-7-2-1-3-17-10(7)5-8(9)11/h4-6,17H,1-3H2,(H,18,19). The number of aromatic amines is 1. The number of benzene rings is 1. The van der Waals surface area contributed by atoms with Gasteiger partial charge in [-0.2, -0.15) is 13.2 Å². The highest BCUT2D eigenvalue weighted by Crippen LogP contribution is 2.36. The highest BCUT2D eigenvalue weighted by Gasteiger charge is 2.33. The number of anilines is 1. The third-order valence-corrected chi connectivity index (χ3v) is 3.31. The molecule has 19 heavy (non-hydrogen) atoms. The summed E-state index contributed by atoms with van der Waals surface area (Å²) in [4.78, 5) is 13.8. The second-order valence-electron chi connectivity index (χ2n) is 4.63. The Bertz CT molecular complexity index is 703. The van der Waals surface area contributed by atoms with Crippen molar-refractivity contribution in [1.82, 2.24) is 4.98 Å². The monoisotopic (exact) mass is 268 g/mol. The van der Waals surface area contributed by atoms with Crippen LogP contribution in [0.4, 0.5) is 18.9 Å². The molecule has 0 amide bonds. The summed E-state index contributed by atoms with van der Waals surface area (Å²) in [7, 11) is 0. The van der Waals surface area contributed by atoms with Gasteiger partial charge < -0.3 is 10.3 Å². The Balaban J connectivity index is 2.35. The van der Waals surface area contributed by atoms with Crippen LogP contribution in [-0.4, -0.2) is 11.5 Å². The minimum Gasteiger partial charge on any atom is -0.385 e. The Hall–Kier alpha value is -1.98. The zero-order valence-corrected chi connectivity index (χ0v) is 9.90. The number of nitrogens with one attached hydrogen (secondary N) is 2. The molecule has 0 unspecified atom stereocenters. The van der Waals surface area contributed by atoms with Gasteiger partial charge in [0.05, 0.1) is 5.56 Å². The van der Waals surface area contributed by atoms with Crippen LogP contribution in [0, 0.1) is 0 Å². The average Bonchev–Trinajstić information content (AvgIpc) is 2.34. The van der Waals surface area contributed by atoms with E-state index < -0.39 is 17.3 Å². The molecule has 0 radical (unpaired) electrons. The Labute approximate surface area is 106 Å². The highest BCUT2D eigenvalue weighted by molar-refractivity contribution is 5.87. The zero-order valence-electron chi connectivity index (χ0n) is 9.90. The lowest BCUT2D eigenvalue weighted by Gasteiger charge is -2.19. The number of halogens is 3. The number of pyridine rings is 1. The van der Waals surface area contributed by atoms with Gasteiger partial charge in [0, 0.05) is 29.2 Å². The lowest BCUT2D eigenvalue weighted by atomic mass is 9.99. The molecule has 0 atom stereocenters. The highest BCUT2D eigenvalue weighted by atomic mass is 19.4. The van der Waals surface area contributed by atoms with Crippen molar-refractivity contribution in [2.75, 3.05) is 11.9 Å². The van der Waals surface area contributed by atoms with Crippen LogP contribution in [0.25, 0.3) is 10.9 Å². The topological polar surface area (TPSA) is 44.9 Å². The van der Waals surface area contributed by atoms with E-state index >= 15 is 0 Å². The van der Waals surface area contributed by atoms with Crippen molar-refractivity contribution >= 4 is 16.6 Å². The van der Waals surface area contributed by atoms with Gasteiger partial charge in [-0.25, -0.2) is 0 Å². The fraction of sp³-hybridized carbons (Fsp3) is 0.308. The summed E-state index contributed by atoms with van der Waals surface area (Å²) in [6.45, 7) is 0.753. The third-order valence-electron chi connectivity index (χ3n) is 3.31. The van der Waals surface area contributed by atoms with Gasteiger partial charge >= 0.3 is 6.18 Å². The largest absolute Gasteiger partial charge is 0.417 e. The van der Waals surface area contributed by atoms with Gasteiger partial charge in [0.15, 0.2) is 0 Å². The predicted octanol–water partition coefficient (Wildman–Crippen LogP) is 2.91. The van der Waals surface area contributed by atoms with Gasteiger partial charge in [-0.1, -0.05) is 0 Å². The van der Waals surface area contributed by atoms with E-state index in [0.717, 1.165) is 30.6 Å². The van der Waals surface area contributed by atoms with E-state index in [1.165, 1.54) is 6.07 Å². The second-order valence-corrected chi connectivity index (χ2v) is 4.63. The second kappa shape index (κ2) is 4.01. The maximum Gasteiger partial charge on any atom is 0.417 e. The Morgan fingerprint density at radius 2 is 1.95 bits per heavy atom. The van der Waals surface area contributed by atoms with Crippen LogP contribution in [0.3, 0.4) is 0 Å². The lowest BCUT2D eigenvalue weighted by molar-refractivity contribution is -0.136. The van der Waals surface area contributed by atoms with Gasteiger partial charge in [-0.15, -0.1) is 0 Å². The van der Waals surface area contributed by atoms with Crippen molar-refractivity contribution in [2.45, 2.75) is 19.0 Å². The third kappa shape index (κ3) is 2.07. The molecule has 2 N–H and O–H groups in total. The smallest absolute Gasteiger partial charge is 0.385 e. The summed E-state index contributed by atoms with van der Waals surface area (Å²) in [5.41, 5.74) is 0.275. The number of hydrogen-bond donors (Lipinski definition) is 2. The quantitative estimate of drug-likeness (QED) is 0.771. The molecule has 2 aromatic rings. The van der Waals surface area contributed by atoms with E-state index in [-0.39, 0.29) is 10.9 Å². The van der Waals surface area contributed by atoms with Crippen LogP contribution in [0.2, 0.25) is 0 Å². The molecule has 0 aliphatic carbocycles. The van der Waals surface area contributed by atoms with Crippen LogP contribution >= 0.6 is 0 Å². The van der Waals surface area contributed by atoms with Crippen molar-refractivity contribution in [3.63, 3.8) is 0 Å². The minimum absolute atomic E-state index is 0.0280. The molecule has 6 heteroatoms. The lowest BCUT2D eigenvalue weighted by Crippen LogP contribution is -2.16. The number of hydrogen-bond acceptors (Lipinski definition) is 2. The normalized spacial score (nSPS) is 15.1. The van der Waals surface area contributed by atoms with E-state index in [4.69, 9.17) is 0 Å². The molecule has 100 valence electrons. The van der Waals surface area contributed by atoms with Crippen molar-refractivity contribution in [3.05, 3.63) is 39.7 Å². The van der Waals surface area contributed by atoms with Crippen LogP contribution in [0.5, 0.6) is 0 Å². The molecular formula is C13H11F3N2O. The first kappa shape index (κ1) is 12.1. The fourth-order valence-corrected chi connectivity index (χ4v) is 2.46. The van der Waals surface area contributed by atoms with Crippen LogP contribution in [0.1, 0.15) is 17.5 Å². The molecule has 0 bridgehead atoms. The zero-order chi connectivity index (χ0) is 13.6. The summed E-state index contributed by atoms with van der Waals surface area (Å²) in [6, 6.07) is 3.72. The number of rotatable bonds is 0. The van der Waals surface area contributed by atoms with E-state index in [1.807, 2.05) is 0 Å². The number of aryl methyl sites for hydroxylation is 1. The summed E-state index contributed by atoms with van der Waals surface area (Å²) in [5.74, 6) is 0. The molecule has 2 heterocycles. The summed E-state index contributed by atoms with van der Waals surface area (Å²) < 4.78 is 38.9. The molecule has 1 aliphatic heterocycles. The molecule has 3 nitrogen and oxygen atoms in total. The van der Waals surface area contributed by atoms with Crippen molar-refractivity contribution in [1.29, 1.82) is 0 Å². The van der Waals surface area contributed by atoms with E-state index in [1.54, 1.807) is 6.07 Å². The molecule has 0 saturated carbocycles. The fourth-order valence-electron chi connectivity index (χ4n) is 2.46. The Kier molecular flexibility index (Phi) is 2.55. The molecule has 1 aromatic heterocycles. The number of alkyl halides is 3. The van der Waals surface area contributed by atoms with Gasteiger partial charge in [-0.3, -0.25) is 4.79 Å². The number of fused-ring (bicyclic) bond motifs is 2. The summed E-state index contributed by atoms with van der Waals surface area (Å²) in [5, 5.41) is 3.12. The SMILES string of the molecule is O=c1cc(C(F)(F)F)c2cc3c(cc2[nH]1)CCCN3. The number of H-pyrrole nitrogens is 1. The summed E-state index contributed by atoms with van der Waals surface area (Å²) >= 11 is 0. The predicted molar refractivity (Wildman–Crippen MR) is 66.4 cm³/mol. The van der Waals surface area contributed by atoms with Crippen molar-refractivity contribution in [3.8, 4) is 0 Å². The van der Waals surface area contributed by atoms with Gasteiger partial charge in [0.2, 0.25) is 5.56 Å². The first-order valence-corrected chi connectivity index (χ1v) is 5.96. The van der Waals surface area contributed by atoms with Gasteiger partial charge in [0.1, 0.15) is 0 Å². The van der Waals surface area contributed by atoms with Crippen LogP contribution in [-0.2, 0) is 12.6 Å². The minimum atomic E-state index is -4.53. The van der Waals surface area contributed by atoms with Crippen LogP contribution in [0.15, 0.2) is 23.0 Å². The molecule has 0 fully saturated rings. The van der Waals surface area contributed by atoms with Crippen molar-refractivity contribution < 1.29 is 13.2 Å². The van der Waals surface area contributed by atoms with E-state index in [9.17, 15) is 18.0 Å². The average molecular weight is 268 g/mol. The molecule has 0 spiro atoms. The molecule has 3 rings (SSSR count). The molecule has 0 saturated heterocycles. The first-order valence-electron chi connectivity index (χ1n) is 5.96. The first-order chi connectivity index (χ1) is 8.95. The van der Waals surface area contributed by atoms with Gasteiger partial charge in [0.25, 0.3) is 0 Å². The van der Waals surface area contributed by atoms with Gasteiger partial charge in [-0.05, 0) is 30.5 Å². The number of aromatic nitrogens is 1. The summed E-state index contributed by atoms with van der Waals surface area (Å²) in [6.07, 6.45) is -2.80. The maximum absolute atomic E-state index is 13.0. The Morgan fingerprint density at radius 1 is 1.16 bits per heavy atom. The van der Waals surface area contributed by atoms with Crippen molar-refractivity contribution in [2.24, 2.45) is 0 Å². The molecular weight excluding hydrogens is 257 g/mol. The molecule has 1 aliphatic rings. The van der Waals surface area contributed by atoms with E-state index in [0.29, 0.717) is 6.07 Å². The Morgan fingerprint density at radius 3 is 2.68 bits per heavy atom.